The molecule has 2 atom stereocenters. The van der Waals surface area contributed by atoms with Crippen molar-refractivity contribution in [2.75, 3.05) is 6.54 Å². The van der Waals surface area contributed by atoms with Crippen LogP contribution in [0.15, 0.2) is 6.20 Å². The molecule has 2 heterocycles. The van der Waals surface area contributed by atoms with Crippen molar-refractivity contribution in [3.05, 3.63) is 27.0 Å². The number of carbonyl (C=O) groups is 2. The van der Waals surface area contributed by atoms with Gasteiger partial charge in [-0.2, -0.15) is 0 Å². The zero-order valence-corrected chi connectivity index (χ0v) is 12.7. The van der Waals surface area contributed by atoms with E-state index in [0.29, 0.717) is 13.0 Å². The van der Waals surface area contributed by atoms with Gasteiger partial charge in [0.15, 0.2) is 0 Å². The second-order valence-electron chi connectivity index (χ2n) is 4.63. The van der Waals surface area contributed by atoms with E-state index in [1.807, 2.05) is 0 Å². The SMILES string of the molecule is CC1CCN(C(=O)c2ncc(Cl)c(Cl)c2Cl)C1C(=O)O. The summed E-state index contributed by atoms with van der Waals surface area (Å²) in [5.74, 6) is -1.72. The first-order valence-corrected chi connectivity index (χ1v) is 7.01. The van der Waals surface area contributed by atoms with E-state index in [1.54, 1.807) is 6.92 Å². The van der Waals surface area contributed by atoms with E-state index in [4.69, 9.17) is 34.8 Å². The summed E-state index contributed by atoms with van der Waals surface area (Å²) < 4.78 is 0. The first-order chi connectivity index (χ1) is 9.34. The van der Waals surface area contributed by atoms with Gasteiger partial charge in [0.25, 0.3) is 5.91 Å². The Hall–Kier alpha value is -1.04. The predicted molar refractivity (Wildman–Crippen MR) is 75.5 cm³/mol. The van der Waals surface area contributed by atoms with Gasteiger partial charge in [0.1, 0.15) is 11.7 Å². The molecule has 108 valence electrons. The number of hydrogen-bond acceptors (Lipinski definition) is 3. The molecule has 20 heavy (non-hydrogen) atoms. The van der Waals surface area contributed by atoms with Crippen LogP contribution in [0.1, 0.15) is 23.8 Å². The lowest BCUT2D eigenvalue weighted by Gasteiger charge is -2.23. The zero-order chi connectivity index (χ0) is 15.0. The lowest BCUT2D eigenvalue weighted by atomic mass is 10.0. The van der Waals surface area contributed by atoms with Gasteiger partial charge in [0.2, 0.25) is 0 Å². The maximum Gasteiger partial charge on any atom is 0.326 e. The van der Waals surface area contributed by atoms with Crippen LogP contribution >= 0.6 is 34.8 Å². The highest BCUT2D eigenvalue weighted by Gasteiger charge is 2.40. The van der Waals surface area contributed by atoms with E-state index >= 15 is 0 Å². The molecule has 1 aliphatic rings. The minimum Gasteiger partial charge on any atom is -0.480 e. The van der Waals surface area contributed by atoms with Gasteiger partial charge in [-0.15, -0.1) is 0 Å². The van der Waals surface area contributed by atoms with Gasteiger partial charge in [-0.1, -0.05) is 41.7 Å². The molecule has 0 radical (unpaired) electrons. The number of aromatic nitrogens is 1. The monoisotopic (exact) mass is 336 g/mol. The molecule has 1 N–H and O–H groups in total. The Labute approximate surface area is 130 Å². The highest BCUT2D eigenvalue weighted by molar-refractivity contribution is 6.48. The predicted octanol–water partition coefficient (Wildman–Crippen LogP) is 2.98. The molecule has 0 saturated carbocycles. The summed E-state index contributed by atoms with van der Waals surface area (Å²) >= 11 is 17.6. The molecule has 1 aromatic heterocycles. The minimum absolute atomic E-state index is 0.0332. The second-order valence-corrected chi connectivity index (χ2v) is 5.79. The Kier molecular flexibility index (Phi) is 4.42. The van der Waals surface area contributed by atoms with E-state index < -0.39 is 17.9 Å². The van der Waals surface area contributed by atoms with Crippen LogP contribution in [0.25, 0.3) is 0 Å². The number of carbonyl (C=O) groups excluding carboxylic acids is 1. The summed E-state index contributed by atoms with van der Waals surface area (Å²) in [6.07, 6.45) is 1.83. The highest BCUT2D eigenvalue weighted by atomic mass is 35.5. The van der Waals surface area contributed by atoms with Crippen LogP contribution in [-0.4, -0.2) is 39.5 Å². The summed E-state index contributed by atoms with van der Waals surface area (Å²) in [5, 5.41) is 9.33. The first-order valence-electron chi connectivity index (χ1n) is 5.87. The van der Waals surface area contributed by atoms with E-state index in [0.717, 1.165) is 0 Å². The maximum absolute atomic E-state index is 12.4. The smallest absolute Gasteiger partial charge is 0.326 e. The van der Waals surface area contributed by atoms with Gasteiger partial charge < -0.3 is 10.0 Å². The fraction of sp³-hybridized carbons (Fsp3) is 0.417. The average Bonchev–Trinajstić information content (AvgIpc) is 2.77. The third-order valence-corrected chi connectivity index (χ3v) is 4.57. The van der Waals surface area contributed by atoms with Gasteiger partial charge >= 0.3 is 5.97 Å². The number of hydrogen-bond donors (Lipinski definition) is 1. The van der Waals surface area contributed by atoms with Crippen molar-refractivity contribution in [3.8, 4) is 0 Å². The van der Waals surface area contributed by atoms with E-state index in [-0.39, 0.29) is 26.7 Å². The van der Waals surface area contributed by atoms with E-state index in [1.165, 1.54) is 11.1 Å². The largest absolute Gasteiger partial charge is 0.480 e. The lowest BCUT2D eigenvalue weighted by Crippen LogP contribution is -2.43. The number of rotatable bonds is 2. The van der Waals surface area contributed by atoms with Crippen molar-refractivity contribution >= 4 is 46.7 Å². The van der Waals surface area contributed by atoms with Crippen molar-refractivity contribution in [1.82, 2.24) is 9.88 Å². The van der Waals surface area contributed by atoms with E-state index in [9.17, 15) is 14.7 Å². The van der Waals surface area contributed by atoms with Gasteiger partial charge in [0, 0.05) is 12.7 Å². The molecule has 1 aromatic rings. The number of amides is 1. The topological polar surface area (TPSA) is 70.5 Å². The zero-order valence-electron chi connectivity index (χ0n) is 10.4. The molecule has 1 saturated heterocycles. The molecule has 2 unspecified atom stereocenters. The van der Waals surface area contributed by atoms with Gasteiger partial charge in [0.05, 0.1) is 15.1 Å². The molecule has 8 heteroatoms. The second kappa shape index (κ2) is 5.76. The highest BCUT2D eigenvalue weighted by Crippen LogP contribution is 2.33. The van der Waals surface area contributed by atoms with Crippen LogP contribution in [0.3, 0.4) is 0 Å². The molecule has 5 nitrogen and oxygen atoms in total. The molecule has 1 aliphatic heterocycles. The average molecular weight is 338 g/mol. The number of nitrogens with zero attached hydrogens (tertiary/aromatic N) is 2. The Balaban J connectivity index is 2.37. The minimum atomic E-state index is -1.04. The molecule has 0 aromatic carbocycles. The number of pyridine rings is 1. The van der Waals surface area contributed by atoms with E-state index in [2.05, 4.69) is 4.98 Å². The maximum atomic E-state index is 12.4. The summed E-state index contributed by atoms with van der Waals surface area (Å²) in [6, 6.07) is -0.880. The third kappa shape index (κ3) is 2.57. The van der Waals surface area contributed by atoms with Crippen LogP contribution in [0.4, 0.5) is 0 Å². The Morgan fingerprint density at radius 2 is 2.00 bits per heavy atom. The number of carboxylic acids is 1. The summed E-state index contributed by atoms with van der Waals surface area (Å²) in [4.78, 5) is 28.8. The molecule has 1 fully saturated rings. The standard InChI is InChI=1S/C12H11Cl3N2O3/c1-5-2-3-17(10(5)12(19)20)11(18)9-8(15)7(14)6(13)4-16-9/h4-5,10H,2-3H2,1H3,(H,19,20). The van der Waals surface area contributed by atoms with Crippen molar-refractivity contribution < 1.29 is 14.7 Å². The van der Waals surface area contributed by atoms with Gasteiger partial charge in [-0.3, -0.25) is 4.79 Å². The Bertz CT molecular complexity index is 579. The van der Waals surface area contributed by atoms with Crippen LogP contribution in [0.5, 0.6) is 0 Å². The van der Waals surface area contributed by atoms with Gasteiger partial charge in [-0.25, -0.2) is 9.78 Å². The molecule has 0 bridgehead atoms. The summed E-state index contributed by atoms with van der Waals surface area (Å²) in [7, 11) is 0. The van der Waals surface area contributed by atoms with Crippen molar-refractivity contribution in [3.63, 3.8) is 0 Å². The Morgan fingerprint density at radius 3 is 2.60 bits per heavy atom. The Morgan fingerprint density at radius 1 is 1.35 bits per heavy atom. The molecule has 1 amide bonds. The van der Waals surface area contributed by atoms with Crippen LogP contribution < -0.4 is 0 Å². The normalized spacial score (nSPS) is 22.1. The molecule has 0 aliphatic carbocycles. The lowest BCUT2D eigenvalue weighted by molar-refractivity contribution is -0.142. The number of halogens is 3. The van der Waals surface area contributed by atoms with Crippen molar-refractivity contribution in [1.29, 1.82) is 0 Å². The molecular weight excluding hydrogens is 327 g/mol. The number of carboxylic acid groups (broad SMARTS) is 1. The van der Waals surface area contributed by atoms with Crippen molar-refractivity contribution in [2.24, 2.45) is 5.92 Å². The van der Waals surface area contributed by atoms with Crippen LogP contribution in [0.2, 0.25) is 15.1 Å². The molecule has 2 rings (SSSR count). The number of aliphatic carboxylic acids is 1. The van der Waals surface area contributed by atoms with Crippen LogP contribution in [0, 0.1) is 5.92 Å². The fourth-order valence-corrected chi connectivity index (χ4v) is 2.84. The van der Waals surface area contributed by atoms with Gasteiger partial charge in [-0.05, 0) is 12.3 Å². The third-order valence-electron chi connectivity index (χ3n) is 3.33. The van der Waals surface area contributed by atoms with Crippen LogP contribution in [-0.2, 0) is 4.79 Å². The summed E-state index contributed by atoms with van der Waals surface area (Å²) in [5.41, 5.74) is -0.0820. The number of likely N-dealkylation sites (tertiary alicyclic amines) is 1. The summed E-state index contributed by atoms with van der Waals surface area (Å²) in [6.45, 7) is 2.13. The molecular formula is C12H11Cl3N2O3. The molecule has 0 spiro atoms. The fourth-order valence-electron chi connectivity index (χ4n) is 2.28. The van der Waals surface area contributed by atoms with Crippen molar-refractivity contribution in [2.45, 2.75) is 19.4 Å². The first kappa shape index (κ1) is 15.4. The quantitative estimate of drug-likeness (QED) is 0.900.